The standard InChI is InChI=1S/C14H15ClN2O2/c15-11-3-1-2-10(6-11)13-7-16-14(19-13)9-17-5-4-12(18)8-17/h1-3,6-7,12,18H,4-5,8-9H2/t12-/m0/s1. The van der Waals surface area contributed by atoms with Crippen LogP contribution in [0.2, 0.25) is 5.02 Å². The maximum Gasteiger partial charge on any atom is 0.209 e. The van der Waals surface area contributed by atoms with E-state index in [0.717, 1.165) is 24.3 Å². The van der Waals surface area contributed by atoms with Crippen LogP contribution in [-0.4, -0.2) is 34.2 Å². The monoisotopic (exact) mass is 278 g/mol. The highest BCUT2D eigenvalue weighted by atomic mass is 35.5. The van der Waals surface area contributed by atoms with E-state index in [4.69, 9.17) is 16.0 Å². The van der Waals surface area contributed by atoms with Crippen LogP contribution in [0.4, 0.5) is 0 Å². The highest BCUT2D eigenvalue weighted by molar-refractivity contribution is 6.30. The van der Waals surface area contributed by atoms with Gasteiger partial charge in [0, 0.05) is 23.7 Å². The highest BCUT2D eigenvalue weighted by Crippen LogP contribution is 2.24. The van der Waals surface area contributed by atoms with Crippen LogP contribution in [-0.2, 0) is 6.54 Å². The van der Waals surface area contributed by atoms with E-state index in [1.54, 1.807) is 6.20 Å². The van der Waals surface area contributed by atoms with Gasteiger partial charge in [0.05, 0.1) is 18.8 Å². The number of oxazole rings is 1. The number of aliphatic hydroxyl groups is 1. The van der Waals surface area contributed by atoms with Crippen LogP contribution in [0.1, 0.15) is 12.3 Å². The van der Waals surface area contributed by atoms with Gasteiger partial charge in [0.2, 0.25) is 5.89 Å². The molecule has 0 radical (unpaired) electrons. The molecule has 4 nitrogen and oxygen atoms in total. The number of aromatic nitrogens is 1. The zero-order chi connectivity index (χ0) is 13.2. The molecule has 0 aliphatic carbocycles. The molecule has 19 heavy (non-hydrogen) atoms. The molecule has 1 N–H and O–H groups in total. The maximum atomic E-state index is 9.48. The molecule has 0 spiro atoms. The summed E-state index contributed by atoms with van der Waals surface area (Å²) in [4.78, 5) is 6.41. The normalized spacial score (nSPS) is 20.0. The Hall–Kier alpha value is -1.36. The Bertz CT molecular complexity index is 570. The molecular weight excluding hydrogens is 264 g/mol. The van der Waals surface area contributed by atoms with E-state index < -0.39 is 0 Å². The molecule has 2 heterocycles. The van der Waals surface area contributed by atoms with Crippen molar-refractivity contribution in [2.24, 2.45) is 0 Å². The fourth-order valence-electron chi connectivity index (χ4n) is 2.31. The van der Waals surface area contributed by atoms with Crippen molar-refractivity contribution in [3.63, 3.8) is 0 Å². The first-order valence-electron chi connectivity index (χ1n) is 6.32. The van der Waals surface area contributed by atoms with Crippen molar-refractivity contribution in [3.05, 3.63) is 41.4 Å². The first-order chi connectivity index (χ1) is 9.20. The Kier molecular flexibility index (Phi) is 3.55. The topological polar surface area (TPSA) is 49.5 Å². The minimum atomic E-state index is -0.220. The summed E-state index contributed by atoms with van der Waals surface area (Å²) in [5.41, 5.74) is 0.924. The molecule has 0 saturated carbocycles. The van der Waals surface area contributed by atoms with E-state index in [9.17, 15) is 5.11 Å². The molecule has 0 unspecified atom stereocenters. The number of benzene rings is 1. The summed E-state index contributed by atoms with van der Waals surface area (Å²) in [6, 6.07) is 7.51. The fraction of sp³-hybridized carbons (Fsp3) is 0.357. The molecule has 3 rings (SSSR count). The summed E-state index contributed by atoms with van der Waals surface area (Å²) in [7, 11) is 0. The van der Waals surface area contributed by atoms with Gasteiger partial charge in [-0.15, -0.1) is 0 Å². The molecular formula is C14H15ClN2O2. The zero-order valence-electron chi connectivity index (χ0n) is 10.4. The van der Waals surface area contributed by atoms with Crippen LogP contribution in [0.3, 0.4) is 0 Å². The minimum absolute atomic E-state index is 0.220. The third-order valence-electron chi connectivity index (χ3n) is 3.27. The predicted molar refractivity (Wildman–Crippen MR) is 72.8 cm³/mol. The lowest BCUT2D eigenvalue weighted by Crippen LogP contribution is -2.21. The minimum Gasteiger partial charge on any atom is -0.439 e. The van der Waals surface area contributed by atoms with Crippen LogP contribution < -0.4 is 0 Å². The zero-order valence-corrected chi connectivity index (χ0v) is 11.2. The van der Waals surface area contributed by atoms with E-state index in [1.165, 1.54) is 0 Å². The number of nitrogens with zero attached hydrogens (tertiary/aromatic N) is 2. The molecule has 1 aromatic carbocycles. The van der Waals surface area contributed by atoms with Crippen LogP contribution in [0.5, 0.6) is 0 Å². The lowest BCUT2D eigenvalue weighted by molar-refractivity contribution is 0.171. The summed E-state index contributed by atoms with van der Waals surface area (Å²) in [6.07, 6.45) is 2.32. The van der Waals surface area contributed by atoms with Gasteiger partial charge in [0.15, 0.2) is 5.76 Å². The molecule has 1 aliphatic heterocycles. The van der Waals surface area contributed by atoms with Gasteiger partial charge >= 0.3 is 0 Å². The summed E-state index contributed by atoms with van der Waals surface area (Å²) < 4.78 is 5.73. The Morgan fingerprint density at radius 3 is 3.11 bits per heavy atom. The third kappa shape index (κ3) is 2.97. The van der Waals surface area contributed by atoms with Crippen molar-refractivity contribution < 1.29 is 9.52 Å². The molecule has 1 aliphatic rings. The van der Waals surface area contributed by atoms with Gasteiger partial charge in [-0.05, 0) is 18.6 Å². The van der Waals surface area contributed by atoms with E-state index in [2.05, 4.69) is 9.88 Å². The van der Waals surface area contributed by atoms with Crippen molar-refractivity contribution in [2.75, 3.05) is 13.1 Å². The van der Waals surface area contributed by atoms with Gasteiger partial charge in [-0.1, -0.05) is 23.7 Å². The molecule has 100 valence electrons. The van der Waals surface area contributed by atoms with E-state index >= 15 is 0 Å². The highest BCUT2D eigenvalue weighted by Gasteiger charge is 2.21. The SMILES string of the molecule is O[C@H]1CCN(Cc2ncc(-c3cccc(Cl)c3)o2)C1. The van der Waals surface area contributed by atoms with E-state index in [0.29, 0.717) is 24.0 Å². The lowest BCUT2D eigenvalue weighted by Gasteiger charge is -2.11. The number of hydrogen-bond acceptors (Lipinski definition) is 4. The van der Waals surface area contributed by atoms with Gasteiger partial charge in [-0.25, -0.2) is 4.98 Å². The molecule has 5 heteroatoms. The summed E-state index contributed by atoms with van der Waals surface area (Å²) in [5.74, 6) is 1.39. The van der Waals surface area contributed by atoms with Crippen molar-refractivity contribution in [3.8, 4) is 11.3 Å². The van der Waals surface area contributed by atoms with Crippen molar-refractivity contribution in [1.82, 2.24) is 9.88 Å². The number of halogens is 1. The molecule has 1 fully saturated rings. The summed E-state index contributed by atoms with van der Waals surface area (Å²) in [5, 5.41) is 10.2. The Balaban J connectivity index is 1.73. The number of likely N-dealkylation sites (tertiary alicyclic amines) is 1. The first-order valence-corrected chi connectivity index (χ1v) is 6.69. The van der Waals surface area contributed by atoms with Crippen molar-refractivity contribution in [1.29, 1.82) is 0 Å². The smallest absolute Gasteiger partial charge is 0.209 e. The molecule has 1 saturated heterocycles. The van der Waals surface area contributed by atoms with Gasteiger partial charge in [0.1, 0.15) is 0 Å². The molecule has 0 bridgehead atoms. The fourth-order valence-corrected chi connectivity index (χ4v) is 2.50. The number of hydrogen-bond donors (Lipinski definition) is 1. The third-order valence-corrected chi connectivity index (χ3v) is 3.50. The number of rotatable bonds is 3. The number of aliphatic hydroxyl groups excluding tert-OH is 1. The van der Waals surface area contributed by atoms with Gasteiger partial charge in [0.25, 0.3) is 0 Å². The van der Waals surface area contributed by atoms with E-state index in [-0.39, 0.29) is 6.10 Å². The Morgan fingerprint density at radius 1 is 1.47 bits per heavy atom. The summed E-state index contributed by atoms with van der Waals surface area (Å²) >= 11 is 5.96. The molecule has 0 amide bonds. The number of β-amino-alcohol motifs (C(OH)–C–C–N with tert-alkyl or cyclic N) is 1. The average Bonchev–Trinajstić information content (AvgIpc) is 2.99. The second kappa shape index (κ2) is 5.33. The lowest BCUT2D eigenvalue weighted by atomic mass is 10.2. The molecule has 1 atom stereocenters. The largest absolute Gasteiger partial charge is 0.439 e. The summed E-state index contributed by atoms with van der Waals surface area (Å²) in [6.45, 7) is 2.21. The van der Waals surface area contributed by atoms with Crippen LogP contribution in [0.25, 0.3) is 11.3 Å². The second-order valence-corrected chi connectivity index (χ2v) is 5.24. The van der Waals surface area contributed by atoms with Gasteiger partial charge < -0.3 is 9.52 Å². The van der Waals surface area contributed by atoms with Gasteiger partial charge in [-0.3, -0.25) is 4.90 Å². The van der Waals surface area contributed by atoms with Crippen molar-refractivity contribution in [2.45, 2.75) is 19.1 Å². The molecule has 1 aromatic heterocycles. The quantitative estimate of drug-likeness (QED) is 0.937. The predicted octanol–water partition coefficient (Wildman–Crippen LogP) is 2.56. The van der Waals surface area contributed by atoms with Crippen LogP contribution in [0.15, 0.2) is 34.9 Å². The van der Waals surface area contributed by atoms with E-state index in [1.807, 2.05) is 24.3 Å². The van der Waals surface area contributed by atoms with Crippen molar-refractivity contribution >= 4 is 11.6 Å². The second-order valence-electron chi connectivity index (χ2n) is 4.81. The maximum absolute atomic E-state index is 9.48. The Labute approximate surface area is 116 Å². The van der Waals surface area contributed by atoms with Crippen LogP contribution in [0, 0.1) is 0 Å². The molecule has 2 aromatic rings. The van der Waals surface area contributed by atoms with Crippen LogP contribution >= 0.6 is 11.6 Å². The van der Waals surface area contributed by atoms with Gasteiger partial charge in [-0.2, -0.15) is 0 Å². The average molecular weight is 279 g/mol. The Morgan fingerprint density at radius 2 is 2.37 bits per heavy atom. The first kappa shape index (κ1) is 12.7.